The van der Waals surface area contributed by atoms with Gasteiger partial charge in [-0.1, -0.05) is 6.07 Å². The van der Waals surface area contributed by atoms with Crippen LogP contribution in [0, 0.1) is 20.2 Å². The van der Waals surface area contributed by atoms with Crippen LogP contribution in [0.3, 0.4) is 0 Å². The lowest BCUT2D eigenvalue weighted by Crippen LogP contribution is -2.22. The van der Waals surface area contributed by atoms with Gasteiger partial charge < -0.3 is 23.6 Å². The van der Waals surface area contributed by atoms with Crippen molar-refractivity contribution in [1.29, 1.82) is 0 Å². The minimum absolute atomic E-state index is 0.0162. The number of furan rings is 2. The van der Waals surface area contributed by atoms with Crippen molar-refractivity contribution in [2.75, 3.05) is 7.11 Å². The Kier molecular flexibility index (Phi) is 5.95. The number of hydrogen-bond acceptors (Lipinski definition) is 10. The van der Waals surface area contributed by atoms with Gasteiger partial charge in [0.25, 0.3) is 5.91 Å². The summed E-state index contributed by atoms with van der Waals surface area (Å²) in [5.74, 6) is -3.21. The Morgan fingerprint density at radius 2 is 1.55 bits per heavy atom. The van der Waals surface area contributed by atoms with Crippen LogP contribution >= 0.6 is 0 Å². The number of rotatable bonds is 8. The second-order valence-electron chi connectivity index (χ2n) is 5.85. The SMILES string of the molecule is COc1cc(CNC(=O)c2ccc([N+](=O)[O-])o2)ccc1OC(=O)c1ccc([N+](=O)[O-])o1. The number of nitro groups is 2. The van der Waals surface area contributed by atoms with Crippen LogP contribution in [0.1, 0.15) is 26.7 Å². The summed E-state index contributed by atoms with van der Waals surface area (Å²) in [6, 6.07) is 8.78. The van der Waals surface area contributed by atoms with Gasteiger partial charge in [-0.15, -0.1) is 0 Å². The Labute approximate surface area is 172 Å². The van der Waals surface area contributed by atoms with Crippen LogP contribution in [0.25, 0.3) is 0 Å². The molecule has 1 amide bonds. The van der Waals surface area contributed by atoms with E-state index in [0.717, 1.165) is 18.2 Å². The topological polar surface area (TPSA) is 177 Å². The van der Waals surface area contributed by atoms with E-state index in [9.17, 15) is 29.8 Å². The average molecular weight is 431 g/mol. The highest BCUT2D eigenvalue weighted by molar-refractivity contribution is 5.91. The second kappa shape index (κ2) is 8.77. The first-order valence-electron chi connectivity index (χ1n) is 8.44. The summed E-state index contributed by atoms with van der Waals surface area (Å²) < 4.78 is 19.9. The number of nitrogens with zero attached hydrogens (tertiary/aromatic N) is 2. The molecule has 0 aliphatic heterocycles. The van der Waals surface area contributed by atoms with Crippen molar-refractivity contribution in [3.05, 3.63) is 79.8 Å². The maximum Gasteiger partial charge on any atom is 0.433 e. The van der Waals surface area contributed by atoms with Gasteiger partial charge in [-0.3, -0.25) is 25.0 Å². The van der Waals surface area contributed by atoms with Crippen molar-refractivity contribution in [3.8, 4) is 11.5 Å². The van der Waals surface area contributed by atoms with E-state index in [-0.39, 0.29) is 29.6 Å². The summed E-state index contributed by atoms with van der Waals surface area (Å²) >= 11 is 0. The lowest BCUT2D eigenvalue weighted by atomic mass is 10.2. The van der Waals surface area contributed by atoms with E-state index < -0.39 is 33.5 Å². The molecule has 0 saturated carbocycles. The highest BCUT2D eigenvalue weighted by Gasteiger charge is 2.21. The molecule has 3 rings (SSSR count). The third-order valence-electron chi connectivity index (χ3n) is 3.85. The van der Waals surface area contributed by atoms with Crippen molar-refractivity contribution in [1.82, 2.24) is 5.32 Å². The standard InChI is InChI=1S/C18H13N3O10/c1-28-14-8-10(9-19-17(22)12-4-6-15(29-12)20(24)25)2-3-11(14)31-18(23)13-5-7-16(30-13)21(26)27/h2-8H,9H2,1H3,(H,19,22). The van der Waals surface area contributed by atoms with Gasteiger partial charge in [-0.25, -0.2) is 4.79 Å². The van der Waals surface area contributed by atoms with E-state index >= 15 is 0 Å². The number of amides is 1. The predicted molar refractivity (Wildman–Crippen MR) is 99.8 cm³/mol. The molecule has 0 atom stereocenters. The lowest BCUT2D eigenvalue weighted by Gasteiger charge is -2.10. The summed E-state index contributed by atoms with van der Waals surface area (Å²) in [7, 11) is 1.33. The first kappa shape index (κ1) is 21.0. The maximum atomic E-state index is 12.1. The van der Waals surface area contributed by atoms with Crippen molar-refractivity contribution >= 4 is 23.6 Å². The Morgan fingerprint density at radius 1 is 0.935 bits per heavy atom. The number of benzene rings is 1. The summed E-state index contributed by atoms with van der Waals surface area (Å²) in [6.45, 7) is 0.0162. The zero-order valence-corrected chi connectivity index (χ0v) is 15.7. The van der Waals surface area contributed by atoms with Crippen LogP contribution < -0.4 is 14.8 Å². The normalized spacial score (nSPS) is 10.4. The molecule has 0 saturated heterocycles. The largest absolute Gasteiger partial charge is 0.493 e. The van der Waals surface area contributed by atoms with E-state index in [1.165, 1.54) is 31.4 Å². The molecular formula is C18H13N3O10. The van der Waals surface area contributed by atoms with Gasteiger partial charge in [0.05, 0.1) is 19.2 Å². The fourth-order valence-corrected chi connectivity index (χ4v) is 2.41. The summed E-state index contributed by atoms with van der Waals surface area (Å²) in [4.78, 5) is 43.9. The lowest BCUT2D eigenvalue weighted by molar-refractivity contribution is -0.402. The van der Waals surface area contributed by atoms with E-state index in [1.807, 2.05) is 0 Å². The molecule has 1 aromatic carbocycles. The van der Waals surface area contributed by atoms with Crippen molar-refractivity contribution in [3.63, 3.8) is 0 Å². The quantitative estimate of drug-likeness (QED) is 0.241. The number of carbonyl (C=O) groups is 2. The van der Waals surface area contributed by atoms with Crippen LogP contribution in [-0.4, -0.2) is 28.8 Å². The van der Waals surface area contributed by atoms with E-state index in [0.29, 0.717) is 5.56 Å². The molecule has 2 aromatic heterocycles. The predicted octanol–water partition coefficient (Wildman–Crippen LogP) is 2.85. The Hall–Kier alpha value is -4.68. The second-order valence-corrected chi connectivity index (χ2v) is 5.85. The van der Waals surface area contributed by atoms with Gasteiger partial charge in [0, 0.05) is 6.54 Å². The van der Waals surface area contributed by atoms with Crippen molar-refractivity contribution in [2.24, 2.45) is 0 Å². The fraction of sp³-hybridized carbons (Fsp3) is 0.111. The molecule has 31 heavy (non-hydrogen) atoms. The van der Waals surface area contributed by atoms with Crippen LogP contribution in [-0.2, 0) is 6.54 Å². The molecule has 160 valence electrons. The molecule has 0 radical (unpaired) electrons. The molecule has 13 heteroatoms. The Morgan fingerprint density at radius 3 is 2.13 bits per heavy atom. The number of hydrogen-bond donors (Lipinski definition) is 1. The Bertz CT molecular complexity index is 1160. The Balaban J connectivity index is 1.66. The number of ether oxygens (including phenoxy) is 2. The zero-order chi connectivity index (χ0) is 22.5. The highest BCUT2D eigenvalue weighted by atomic mass is 16.7. The van der Waals surface area contributed by atoms with Gasteiger partial charge >= 0.3 is 17.7 Å². The van der Waals surface area contributed by atoms with E-state index in [1.54, 1.807) is 0 Å². The fourth-order valence-electron chi connectivity index (χ4n) is 2.41. The van der Waals surface area contributed by atoms with Crippen molar-refractivity contribution in [2.45, 2.75) is 6.54 Å². The molecule has 2 heterocycles. The van der Waals surface area contributed by atoms with Gasteiger partial charge in [-0.2, -0.15) is 0 Å². The molecule has 0 bridgehead atoms. The molecule has 0 unspecified atom stereocenters. The molecular weight excluding hydrogens is 418 g/mol. The molecule has 1 N–H and O–H groups in total. The molecule has 0 fully saturated rings. The monoisotopic (exact) mass is 431 g/mol. The molecule has 0 aliphatic carbocycles. The van der Waals surface area contributed by atoms with Crippen LogP contribution in [0.5, 0.6) is 11.5 Å². The van der Waals surface area contributed by atoms with Crippen molar-refractivity contribution < 1.29 is 37.7 Å². The third kappa shape index (κ3) is 4.84. The maximum absolute atomic E-state index is 12.1. The van der Waals surface area contributed by atoms with Gasteiger partial charge in [-0.05, 0) is 29.8 Å². The number of nitrogens with one attached hydrogen (secondary N) is 1. The number of carbonyl (C=O) groups excluding carboxylic acids is 2. The smallest absolute Gasteiger partial charge is 0.433 e. The average Bonchev–Trinajstić information content (AvgIpc) is 3.43. The summed E-state index contributed by atoms with van der Waals surface area (Å²) in [6.07, 6.45) is 0. The van der Waals surface area contributed by atoms with Crippen LogP contribution in [0.4, 0.5) is 11.8 Å². The van der Waals surface area contributed by atoms with E-state index in [2.05, 4.69) is 5.32 Å². The van der Waals surface area contributed by atoms with E-state index in [4.69, 9.17) is 18.3 Å². The van der Waals surface area contributed by atoms with Crippen LogP contribution in [0.15, 0.2) is 51.3 Å². The third-order valence-corrected chi connectivity index (χ3v) is 3.85. The first-order chi connectivity index (χ1) is 14.8. The molecule has 13 nitrogen and oxygen atoms in total. The highest BCUT2D eigenvalue weighted by Crippen LogP contribution is 2.29. The first-order valence-corrected chi connectivity index (χ1v) is 8.44. The molecule has 0 spiro atoms. The van der Waals surface area contributed by atoms with Crippen LogP contribution in [0.2, 0.25) is 0 Å². The zero-order valence-electron chi connectivity index (χ0n) is 15.7. The number of methoxy groups -OCH3 is 1. The number of esters is 1. The minimum Gasteiger partial charge on any atom is -0.493 e. The van der Waals surface area contributed by atoms with Gasteiger partial charge in [0.2, 0.25) is 5.76 Å². The summed E-state index contributed by atoms with van der Waals surface area (Å²) in [5.41, 5.74) is 0.555. The minimum atomic E-state index is -0.966. The molecule has 3 aromatic rings. The molecule has 0 aliphatic rings. The summed E-state index contributed by atoms with van der Waals surface area (Å²) in [5, 5.41) is 23.8. The van der Waals surface area contributed by atoms with Gasteiger partial charge in [0.1, 0.15) is 9.85 Å². The van der Waals surface area contributed by atoms with Gasteiger partial charge in [0.15, 0.2) is 17.3 Å².